The number of hydrogen-bond acceptors (Lipinski definition) is 9. The number of terminal acetylenes is 1. The molecular weight excluding hydrogens is 495 g/mol. The van der Waals surface area contributed by atoms with Crippen molar-refractivity contribution in [3.8, 4) is 12.3 Å². The van der Waals surface area contributed by atoms with Gasteiger partial charge in [0, 0.05) is 27.2 Å². The Labute approximate surface area is 199 Å². The fraction of sp³-hybridized carbons (Fsp3) is 0.500. The smallest absolute Gasteiger partial charge is 0.428 e. The summed E-state index contributed by atoms with van der Waals surface area (Å²) in [5.74, 6) is -0.982. The first-order valence-corrected chi connectivity index (χ1v) is 10.3. The number of nitrogens with one attached hydrogen (secondary N) is 2. The van der Waals surface area contributed by atoms with Gasteiger partial charge in [0.15, 0.2) is 17.4 Å². The van der Waals surface area contributed by atoms with Gasteiger partial charge in [-0.1, -0.05) is 5.92 Å². The number of amides is 1. The molecule has 3 heterocycles. The highest BCUT2D eigenvalue weighted by Gasteiger charge is 2.54. The average molecular weight is 515 g/mol. The topological polar surface area (TPSA) is 164 Å². The molecule has 0 spiro atoms. The standard InChI is InChI=1S/C20H20F3N5O8/c1-5-6-27-13-15(25-18(24-8(2)29)26-16(13)32)28(19(27)33)17-12(34-9(3)30)7-11(36-17)14(20(21,22)23)35-10(4)31/h1,11-12,14,17H,6-7H2,2-4H3,(H2,24,25,26,29,32)/t11-,12+,14+,17+/m0/s1. The van der Waals surface area contributed by atoms with Crippen LogP contribution >= 0.6 is 0 Å². The van der Waals surface area contributed by atoms with E-state index in [0.717, 1.165) is 25.3 Å². The van der Waals surface area contributed by atoms with Crippen LogP contribution in [-0.4, -0.2) is 61.4 Å². The minimum Gasteiger partial charge on any atom is -0.458 e. The quantitative estimate of drug-likeness (QED) is 0.404. The summed E-state index contributed by atoms with van der Waals surface area (Å²) in [4.78, 5) is 66.7. The second kappa shape index (κ2) is 9.85. The third kappa shape index (κ3) is 5.25. The highest BCUT2D eigenvalue weighted by atomic mass is 19.4. The SMILES string of the molecule is C#CCn1c(=O)n([C@@H]2O[C@H]([C@@H](OC(C)=O)C(F)(F)F)C[C@H]2OC(C)=O)c2nc(NC(C)=O)[nH]c(=O)c21. The van der Waals surface area contributed by atoms with Crippen molar-refractivity contribution in [2.75, 3.05) is 5.32 Å². The molecule has 2 aromatic heterocycles. The summed E-state index contributed by atoms with van der Waals surface area (Å²) in [6.45, 7) is 2.44. The lowest BCUT2D eigenvalue weighted by molar-refractivity contribution is -0.248. The summed E-state index contributed by atoms with van der Waals surface area (Å²) in [6, 6.07) is 0. The van der Waals surface area contributed by atoms with Gasteiger partial charge in [0.2, 0.25) is 18.0 Å². The molecule has 0 aliphatic carbocycles. The van der Waals surface area contributed by atoms with E-state index in [9.17, 15) is 37.1 Å². The van der Waals surface area contributed by atoms with Crippen LogP contribution in [0.4, 0.5) is 19.1 Å². The molecule has 0 radical (unpaired) electrons. The number of anilines is 1. The third-order valence-electron chi connectivity index (χ3n) is 4.98. The number of halogens is 3. The van der Waals surface area contributed by atoms with Gasteiger partial charge in [-0.3, -0.25) is 34.0 Å². The molecule has 1 amide bonds. The van der Waals surface area contributed by atoms with Crippen LogP contribution in [0.2, 0.25) is 0 Å². The number of ether oxygens (including phenoxy) is 3. The summed E-state index contributed by atoms with van der Waals surface area (Å²) in [5, 5.41) is 2.23. The van der Waals surface area contributed by atoms with Crippen molar-refractivity contribution in [1.29, 1.82) is 0 Å². The first-order chi connectivity index (χ1) is 16.7. The molecule has 1 fully saturated rings. The Morgan fingerprint density at radius 3 is 2.47 bits per heavy atom. The molecule has 1 aliphatic rings. The van der Waals surface area contributed by atoms with Crippen LogP contribution in [0.5, 0.6) is 0 Å². The van der Waals surface area contributed by atoms with Gasteiger partial charge in [0.1, 0.15) is 12.2 Å². The fourth-order valence-electron chi connectivity index (χ4n) is 3.82. The van der Waals surface area contributed by atoms with E-state index in [0.29, 0.717) is 4.57 Å². The number of alkyl halides is 3. The van der Waals surface area contributed by atoms with Crippen LogP contribution in [0.25, 0.3) is 11.2 Å². The number of nitrogens with zero attached hydrogens (tertiary/aromatic N) is 3. The number of aromatic nitrogens is 4. The predicted octanol–water partition coefficient (Wildman–Crippen LogP) is 0.191. The lowest BCUT2D eigenvalue weighted by Gasteiger charge is -2.25. The number of carbonyl (C=O) groups excluding carboxylic acids is 3. The normalized spacial score (nSPS) is 20.5. The minimum atomic E-state index is -5.07. The van der Waals surface area contributed by atoms with Crippen LogP contribution in [0.1, 0.15) is 33.4 Å². The highest BCUT2D eigenvalue weighted by Crippen LogP contribution is 2.39. The van der Waals surface area contributed by atoms with E-state index in [-0.39, 0.29) is 11.5 Å². The van der Waals surface area contributed by atoms with E-state index >= 15 is 0 Å². The van der Waals surface area contributed by atoms with E-state index in [1.165, 1.54) is 0 Å². The lowest BCUT2D eigenvalue weighted by Crippen LogP contribution is -2.43. The molecule has 2 N–H and O–H groups in total. The Morgan fingerprint density at radius 1 is 1.28 bits per heavy atom. The molecule has 2 aromatic rings. The van der Waals surface area contributed by atoms with Gasteiger partial charge in [0.25, 0.3) is 5.56 Å². The Hall–Kier alpha value is -4.13. The van der Waals surface area contributed by atoms with Crippen molar-refractivity contribution in [3.05, 3.63) is 20.8 Å². The van der Waals surface area contributed by atoms with Gasteiger partial charge in [-0.25, -0.2) is 9.36 Å². The molecule has 36 heavy (non-hydrogen) atoms. The maximum absolute atomic E-state index is 13.7. The minimum absolute atomic E-state index is 0.368. The van der Waals surface area contributed by atoms with Crippen LogP contribution in [0.3, 0.4) is 0 Å². The zero-order valence-electron chi connectivity index (χ0n) is 19.0. The first-order valence-electron chi connectivity index (χ1n) is 10.3. The fourth-order valence-corrected chi connectivity index (χ4v) is 3.82. The predicted molar refractivity (Wildman–Crippen MR) is 113 cm³/mol. The van der Waals surface area contributed by atoms with E-state index in [1.807, 2.05) is 0 Å². The molecule has 3 rings (SSSR count). The summed E-state index contributed by atoms with van der Waals surface area (Å²) in [5.41, 5.74) is -2.70. The second-order valence-corrected chi connectivity index (χ2v) is 7.73. The Bertz CT molecular complexity index is 1370. The summed E-state index contributed by atoms with van der Waals surface area (Å²) in [6.07, 6.45) is -8.25. The number of H-pyrrole nitrogens is 1. The molecule has 1 aliphatic heterocycles. The molecule has 16 heteroatoms. The molecule has 194 valence electrons. The van der Waals surface area contributed by atoms with Crippen molar-refractivity contribution < 1.29 is 41.8 Å². The molecular formula is C20H20F3N5O8. The van der Waals surface area contributed by atoms with Gasteiger partial charge in [0.05, 0.1) is 6.54 Å². The summed E-state index contributed by atoms with van der Waals surface area (Å²) in [7, 11) is 0. The maximum atomic E-state index is 13.7. The van der Waals surface area contributed by atoms with E-state index in [4.69, 9.17) is 15.9 Å². The van der Waals surface area contributed by atoms with Crippen molar-refractivity contribution in [2.45, 2.75) is 64.5 Å². The number of esters is 2. The van der Waals surface area contributed by atoms with Crippen molar-refractivity contribution in [2.24, 2.45) is 0 Å². The number of imidazole rings is 1. The Morgan fingerprint density at radius 2 is 1.94 bits per heavy atom. The molecule has 0 bridgehead atoms. The van der Waals surface area contributed by atoms with Crippen LogP contribution < -0.4 is 16.6 Å². The highest BCUT2D eigenvalue weighted by molar-refractivity contribution is 5.87. The van der Waals surface area contributed by atoms with Gasteiger partial charge < -0.3 is 14.2 Å². The van der Waals surface area contributed by atoms with Crippen molar-refractivity contribution in [3.63, 3.8) is 0 Å². The average Bonchev–Trinajstić information content (AvgIpc) is 3.23. The molecule has 0 saturated carbocycles. The number of carbonyl (C=O) groups is 3. The van der Waals surface area contributed by atoms with Crippen molar-refractivity contribution >= 4 is 35.0 Å². The first kappa shape index (κ1) is 26.5. The number of rotatable bonds is 6. The Balaban J connectivity index is 2.23. The largest absolute Gasteiger partial charge is 0.458 e. The van der Waals surface area contributed by atoms with Gasteiger partial charge in [-0.15, -0.1) is 6.42 Å². The van der Waals surface area contributed by atoms with Crippen molar-refractivity contribution in [1.82, 2.24) is 19.1 Å². The molecule has 0 aromatic carbocycles. The summed E-state index contributed by atoms with van der Waals surface area (Å²) >= 11 is 0. The maximum Gasteiger partial charge on any atom is 0.428 e. The number of fused-ring (bicyclic) bond motifs is 1. The summed E-state index contributed by atoms with van der Waals surface area (Å²) < 4.78 is 57.5. The second-order valence-electron chi connectivity index (χ2n) is 7.73. The third-order valence-corrected chi connectivity index (χ3v) is 4.98. The Kier molecular flexibility index (Phi) is 7.25. The van der Waals surface area contributed by atoms with Crippen LogP contribution in [0, 0.1) is 12.3 Å². The van der Waals surface area contributed by atoms with Gasteiger partial charge in [-0.2, -0.15) is 18.2 Å². The van der Waals surface area contributed by atoms with Gasteiger partial charge >= 0.3 is 23.8 Å². The van der Waals surface area contributed by atoms with E-state index < -0.39 is 78.4 Å². The monoisotopic (exact) mass is 515 g/mol. The van der Waals surface area contributed by atoms with Crippen LogP contribution in [0.15, 0.2) is 9.59 Å². The van der Waals surface area contributed by atoms with Crippen LogP contribution in [-0.2, 0) is 35.1 Å². The zero-order valence-corrected chi connectivity index (χ0v) is 19.0. The molecule has 4 atom stereocenters. The van der Waals surface area contributed by atoms with Gasteiger partial charge in [-0.05, 0) is 0 Å². The number of aromatic amines is 1. The number of hydrogen-bond donors (Lipinski definition) is 2. The molecule has 0 unspecified atom stereocenters. The lowest BCUT2D eigenvalue weighted by atomic mass is 10.1. The molecule has 1 saturated heterocycles. The molecule has 13 nitrogen and oxygen atoms in total. The zero-order chi connectivity index (χ0) is 26.9. The van der Waals surface area contributed by atoms with E-state index in [2.05, 4.69) is 25.9 Å². The van der Waals surface area contributed by atoms with E-state index in [1.54, 1.807) is 0 Å².